The Kier molecular flexibility index (Phi) is 16.2. The molecule has 0 radical (unpaired) electrons. The van der Waals surface area contributed by atoms with Gasteiger partial charge in [-0.05, 0) is 11.1 Å². The number of fused-ring (bicyclic) bond motifs is 3. The Labute approximate surface area is 364 Å². The summed E-state index contributed by atoms with van der Waals surface area (Å²) in [5.74, 6) is 1.22. The largest absolute Gasteiger partial charge is 1.00 e. The fourth-order valence-electron chi connectivity index (χ4n) is 6.37. The maximum atomic E-state index is 5.86. The topological polar surface area (TPSA) is 0 Å². The molecule has 7 aromatic rings. The van der Waals surface area contributed by atoms with Crippen molar-refractivity contribution in [3.05, 3.63) is 197 Å². The number of hydrogen-bond acceptors (Lipinski definition) is 0. The Bertz CT molecular complexity index is 2220. The van der Waals surface area contributed by atoms with Crippen LogP contribution >= 0.6 is 23.2 Å². The third kappa shape index (κ3) is 11.6. The van der Waals surface area contributed by atoms with Gasteiger partial charge >= 0.3 is 120 Å². The summed E-state index contributed by atoms with van der Waals surface area (Å²) < 4.78 is 1.31. The summed E-state index contributed by atoms with van der Waals surface area (Å²) in [6.07, 6.45) is 7.90. The normalized spacial score (nSPS) is 13.2. The van der Waals surface area contributed by atoms with Crippen LogP contribution < -0.4 is 24.8 Å². The van der Waals surface area contributed by atoms with Crippen LogP contribution in [0.25, 0.3) is 43.8 Å². The van der Waals surface area contributed by atoms with Gasteiger partial charge in [0.2, 0.25) is 0 Å². The molecule has 55 heavy (non-hydrogen) atoms. The Morgan fingerprint density at radius 1 is 0.600 bits per heavy atom. The van der Waals surface area contributed by atoms with E-state index in [1.807, 2.05) is 48.5 Å². The van der Waals surface area contributed by atoms with E-state index >= 15 is 0 Å². The van der Waals surface area contributed by atoms with E-state index in [4.69, 9.17) is 23.2 Å². The second kappa shape index (κ2) is 20.1. The van der Waals surface area contributed by atoms with E-state index in [9.17, 15) is 0 Å². The predicted octanol–water partition coefficient (Wildman–Crippen LogP) is 8.77. The molecular formula is C50H44Cl4Zr-2. The van der Waals surface area contributed by atoms with Crippen molar-refractivity contribution in [2.75, 3.05) is 0 Å². The molecule has 0 bridgehead atoms. The van der Waals surface area contributed by atoms with E-state index in [0.29, 0.717) is 11.8 Å². The smallest absolute Gasteiger partial charge is 0.0259 e. The molecule has 0 spiro atoms. The summed E-state index contributed by atoms with van der Waals surface area (Å²) in [5.41, 5.74) is 9.21. The van der Waals surface area contributed by atoms with Gasteiger partial charge in [-0.3, -0.25) is 6.08 Å². The van der Waals surface area contributed by atoms with E-state index in [2.05, 4.69) is 156 Å². The number of hydrogen-bond donors (Lipinski definition) is 0. The molecule has 0 saturated heterocycles. The van der Waals surface area contributed by atoms with Crippen LogP contribution in [0, 0.1) is 23.3 Å². The summed E-state index contributed by atoms with van der Waals surface area (Å²) >= 11 is 13.1. The molecular weight excluding hydrogens is 834 g/mol. The van der Waals surface area contributed by atoms with Crippen molar-refractivity contribution in [3.63, 3.8) is 0 Å². The maximum absolute atomic E-state index is 5.86. The SMILES string of the molecule is CC(C)C1[C-]=CC(C(C)(C)C)=C1.Clc1ccc([C](=[Zr+2])c2ccc(Cl)cc2)cc1.[Cl-].[Cl-].c1ccc(-c2ccc3c(c2)[cH-]c2cc(-c4ccccc4)ccc23)cc1. The van der Waals surface area contributed by atoms with Crippen molar-refractivity contribution in [1.29, 1.82) is 0 Å². The minimum Gasteiger partial charge on any atom is -1.00 e. The van der Waals surface area contributed by atoms with Gasteiger partial charge in [0.15, 0.2) is 0 Å². The molecule has 1 aliphatic rings. The van der Waals surface area contributed by atoms with E-state index < -0.39 is 0 Å². The minimum absolute atomic E-state index is 0. The minimum atomic E-state index is 0. The zero-order chi connectivity index (χ0) is 37.5. The van der Waals surface area contributed by atoms with Crippen LogP contribution in [-0.4, -0.2) is 3.21 Å². The summed E-state index contributed by atoms with van der Waals surface area (Å²) in [4.78, 5) is 0. The van der Waals surface area contributed by atoms with Crippen LogP contribution in [0.4, 0.5) is 0 Å². The molecule has 0 aliphatic heterocycles. The third-order valence-corrected chi connectivity index (χ3v) is 11.5. The molecule has 0 nitrogen and oxygen atoms in total. The summed E-state index contributed by atoms with van der Waals surface area (Å²) in [5, 5.41) is 6.80. The zero-order valence-electron chi connectivity index (χ0n) is 31.8. The molecule has 1 unspecified atom stereocenters. The van der Waals surface area contributed by atoms with Crippen molar-refractivity contribution in [1.82, 2.24) is 0 Å². The number of halogens is 4. The molecule has 0 heterocycles. The molecule has 5 heteroatoms. The van der Waals surface area contributed by atoms with Crippen LogP contribution in [0.5, 0.6) is 0 Å². The molecule has 0 aromatic heterocycles. The fourth-order valence-corrected chi connectivity index (χ4v) is 7.44. The number of rotatable bonds is 5. The Morgan fingerprint density at radius 3 is 1.36 bits per heavy atom. The average molecular weight is 878 g/mol. The quantitative estimate of drug-likeness (QED) is 0.152. The van der Waals surface area contributed by atoms with Gasteiger partial charge in [-0.2, -0.15) is 11.6 Å². The Morgan fingerprint density at radius 2 is 1.02 bits per heavy atom. The predicted molar refractivity (Wildman–Crippen MR) is 228 cm³/mol. The van der Waals surface area contributed by atoms with Gasteiger partial charge in [-0.25, -0.2) is 6.08 Å². The van der Waals surface area contributed by atoms with Crippen LogP contribution in [0.2, 0.25) is 10.0 Å². The van der Waals surface area contributed by atoms with Gasteiger partial charge < -0.3 is 24.8 Å². The van der Waals surface area contributed by atoms with E-state index in [1.165, 1.54) is 87.9 Å². The van der Waals surface area contributed by atoms with Gasteiger partial charge in [-0.15, -0.1) is 39.7 Å². The molecule has 8 rings (SSSR count). The summed E-state index contributed by atoms with van der Waals surface area (Å²) in [6, 6.07) is 52.8. The van der Waals surface area contributed by atoms with Gasteiger partial charge in [0, 0.05) is 0 Å². The monoisotopic (exact) mass is 874 g/mol. The summed E-state index contributed by atoms with van der Waals surface area (Å²) in [7, 11) is 0. The standard InChI is InChI=1S/C25H17.C13H8Cl2.C12H19.2ClH.Zr/c1-3-7-18(8-4-1)20-11-13-24-22(15-20)17-23-16-21(12-14-25(23)24)19-9-5-2-6-10-19;14-12-5-1-10(2-6-12)9-11-3-7-13(15)8-4-11;1-9(2)10-6-7-11(8-10)12(3,4)5;;;/h1-17H;1-8H;7-10H,1-5H3;2*1H;/q-1;;-1;;;+2/p-2. The van der Waals surface area contributed by atoms with Crippen LogP contribution in [0.3, 0.4) is 0 Å². The van der Waals surface area contributed by atoms with Crippen molar-refractivity contribution < 1.29 is 49.0 Å². The molecule has 7 aromatic carbocycles. The van der Waals surface area contributed by atoms with Crippen LogP contribution in [0.15, 0.2) is 169 Å². The molecule has 0 saturated carbocycles. The van der Waals surface area contributed by atoms with E-state index in [1.54, 1.807) is 0 Å². The Hall–Kier alpha value is -3.42. The Balaban J connectivity index is 0.000000195. The maximum Gasteiger partial charge on any atom is -0.0259 e. The van der Waals surface area contributed by atoms with Crippen molar-refractivity contribution in [2.24, 2.45) is 17.3 Å². The second-order valence-corrected chi connectivity index (χ2v) is 16.9. The molecule has 0 amide bonds. The van der Waals surface area contributed by atoms with Gasteiger partial charge in [0.1, 0.15) is 0 Å². The van der Waals surface area contributed by atoms with E-state index in [-0.39, 0.29) is 30.2 Å². The molecule has 0 fully saturated rings. The summed E-state index contributed by atoms with van der Waals surface area (Å²) in [6.45, 7) is 11.2. The second-order valence-electron chi connectivity index (χ2n) is 14.8. The molecule has 0 N–H and O–H groups in total. The van der Waals surface area contributed by atoms with Crippen molar-refractivity contribution in [3.8, 4) is 22.3 Å². The van der Waals surface area contributed by atoms with Gasteiger partial charge in [0.25, 0.3) is 0 Å². The first kappa shape index (κ1) is 44.3. The molecule has 1 aliphatic carbocycles. The number of benzene rings is 6. The van der Waals surface area contributed by atoms with Crippen LogP contribution in [0.1, 0.15) is 45.7 Å². The van der Waals surface area contributed by atoms with Gasteiger partial charge in [0.05, 0.1) is 0 Å². The molecule has 1 atom stereocenters. The van der Waals surface area contributed by atoms with Crippen LogP contribution in [-0.2, 0) is 24.2 Å². The number of allylic oxidation sites excluding steroid dienone is 4. The van der Waals surface area contributed by atoms with Crippen molar-refractivity contribution in [2.45, 2.75) is 34.6 Å². The van der Waals surface area contributed by atoms with E-state index in [0.717, 1.165) is 10.0 Å². The average Bonchev–Trinajstić information content (AvgIpc) is 3.82. The third-order valence-electron chi connectivity index (χ3n) is 9.56. The van der Waals surface area contributed by atoms with Gasteiger partial charge in [-0.1, -0.05) is 148 Å². The fraction of sp³-hybridized carbons (Fsp3) is 0.160. The first-order valence-corrected chi connectivity index (χ1v) is 20.1. The first-order valence-electron chi connectivity index (χ1n) is 18.1. The zero-order valence-corrected chi connectivity index (χ0v) is 37.2. The molecule has 278 valence electrons. The van der Waals surface area contributed by atoms with Crippen molar-refractivity contribution >= 4 is 48.0 Å². The first-order chi connectivity index (χ1) is 25.5.